The molecule has 0 heterocycles. The van der Waals surface area contributed by atoms with E-state index in [1.54, 1.807) is 12.2 Å². The first-order valence-electron chi connectivity index (χ1n) is 5.65. The van der Waals surface area contributed by atoms with Crippen molar-refractivity contribution in [2.75, 3.05) is 6.54 Å². The third-order valence-corrected chi connectivity index (χ3v) is 2.34. The molecule has 0 spiro atoms. The third kappa shape index (κ3) is 5.96. The highest BCUT2D eigenvalue weighted by molar-refractivity contribution is 7.80. The Labute approximate surface area is 113 Å². The Morgan fingerprint density at radius 3 is 2.72 bits per heavy atom. The number of benzene rings is 1. The van der Waals surface area contributed by atoms with E-state index in [1.807, 2.05) is 30.3 Å². The summed E-state index contributed by atoms with van der Waals surface area (Å²) in [7, 11) is 0. The van der Waals surface area contributed by atoms with Gasteiger partial charge in [-0.25, -0.2) is 0 Å². The summed E-state index contributed by atoms with van der Waals surface area (Å²) >= 11 is 4.96. The second-order valence-corrected chi connectivity index (χ2v) is 3.97. The molecule has 18 heavy (non-hydrogen) atoms. The molecule has 1 aromatic rings. The van der Waals surface area contributed by atoms with Crippen molar-refractivity contribution in [3.05, 3.63) is 54.6 Å². The summed E-state index contributed by atoms with van der Waals surface area (Å²) in [6, 6.07) is 9.60. The quantitative estimate of drug-likeness (QED) is 0.369. The van der Waals surface area contributed by atoms with Crippen molar-refractivity contribution in [2.24, 2.45) is 0 Å². The van der Waals surface area contributed by atoms with Crippen LogP contribution in [0.4, 0.5) is 0 Å². The number of carbonyl (C=O) groups is 1. The summed E-state index contributed by atoms with van der Waals surface area (Å²) in [5.41, 5.74) is 0.971. The van der Waals surface area contributed by atoms with E-state index in [0.29, 0.717) is 11.7 Å². The SMILES string of the molecule is C=CCCNC(=S)NC(=O)/C=C/c1ccccc1. The standard InChI is InChI=1S/C14H16N2OS/c1-2-3-11-15-14(18)16-13(17)10-9-12-7-5-4-6-8-12/h2,4-10H,1,3,11H2,(H2,15,16,17,18)/b10-9+. The van der Waals surface area contributed by atoms with Gasteiger partial charge in [0.1, 0.15) is 0 Å². The van der Waals surface area contributed by atoms with E-state index in [1.165, 1.54) is 6.08 Å². The van der Waals surface area contributed by atoms with Crippen LogP contribution in [0.3, 0.4) is 0 Å². The van der Waals surface area contributed by atoms with Gasteiger partial charge in [0, 0.05) is 12.6 Å². The van der Waals surface area contributed by atoms with Gasteiger partial charge in [0.15, 0.2) is 5.11 Å². The minimum atomic E-state index is -0.241. The molecule has 94 valence electrons. The fourth-order valence-corrected chi connectivity index (χ4v) is 1.42. The lowest BCUT2D eigenvalue weighted by molar-refractivity contribution is -0.115. The van der Waals surface area contributed by atoms with Crippen LogP contribution in [0.1, 0.15) is 12.0 Å². The number of amides is 1. The zero-order valence-electron chi connectivity index (χ0n) is 10.1. The lowest BCUT2D eigenvalue weighted by Gasteiger charge is -2.06. The van der Waals surface area contributed by atoms with Crippen LogP contribution in [0.2, 0.25) is 0 Å². The monoisotopic (exact) mass is 260 g/mol. The fraction of sp³-hybridized carbons (Fsp3) is 0.143. The van der Waals surface area contributed by atoms with Gasteiger partial charge in [0.2, 0.25) is 5.91 Å². The molecule has 0 saturated heterocycles. The van der Waals surface area contributed by atoms with E-state index in [-0.39, 0.29) is 5.91 Å². The average molecular weight is 260 g/mol. The summed E-state index contributed by atoms with van der Waals surface area (Å²) < 4.78 is 0. The Morgan fingerprint density at radius 1 is 1.33 bits per heavy atom. The van der Waals surface area contributed by atoms with Crippen molar-refractivity contribution in [3.8, 4) is 0 Å². The molecule has 0 bridgehead atoms. The molecule has 0 aromatic heterocycles. The van der Waals surface area contributed by atoms with E-state index in [9.17, 15) is 4.79 Å². The van der Waals surface area contributed by atoms with Crippen molar-refractivity contribution in [2.45, 2.75) is 6.42 Å². The molecule has 1 rings (SSSR count). The van der Waals surface area contributed by atoms with Gasteiger partial charge >= 0.3 is 0 Å². The molecule has 0 aliphatic carbocycles. The number of hydrogen-bond donors (Lipinski definition) is 2. The van der Waals surface area contributed by atoms with Crippen LogP contribution in [-0.2, 0) is 4.79 Å². The molecule has 1 amide bonds. The van der Waals surface area contributed by atoms with Crippen LogP contribution in [0.15, 0.2) is 49.1 Å². The number of hydrogen-bond acceptors (Lipinski definition) is 2. The second kappa shape index (κ2) is 8.20. The number of rotatable bonds is 5. The van der Waals surface area contributed by atoms with Gasteiger partial charge in [-0.1, -0.05) is 36.4 Å². The summed E-state index contributed by atoms with van der Waals surface area (Å²) in [5.74, 6) is -0.241. The van der Waals surface area contributed by atoms with Gasteiger partial charge in [-0.05, 0) is 30.3 Å². The first-order valence-corrected chi connectivity index (χ1v) is 6.06. The molecule has 0 fully saturated rings. The lowest BCUT2D eigenvalue weighted by atomic mass is 10.2. The smallest absolute Gasteiger partial charge is 0.250 e. The van der Waals surface area contributed by atoms with Gasteiger partial charge < -0.3 is 5.32 Å². The first kappa shape index (κ1) is 14.1. The fourth-order valence-electron chi connectivity index (χ4n) is 1.22. The molecule has 0 radical (unpaired) electrons. The molecule has 0 aliphatic rings. The Bertz CT molecular complexity index is 440. The second-order valence-electron chi connectivity index (χ2n) is 3.57. The average Bonchev–Trinajstić information content (AvgIpc) is 2.38. The van der Waals surface area contributed by atoms with Crippen molar-refractivity contribution in [1.29, 1.82) is 0 Å². The maximum absolute atomic E-state index is 11.5. The molecule has 3 nitrogen and oxygen atoms in total. The van der Waals surface area contributed by atoms with E-state index in [2.05, 4.69) is 17.2 Å². The summed E-state index contributed by atoms with van der Waals surface area (Å²) in [5, 5.41) is 5.81. The minimum Gasteiger partial charge on any atom is -0.362 e. The number of thiocarbonyl (C=S) groups is 1. The largest absolute Gasteiger partial charge is 0.362 e. The molecule has 4 heteroatoms. The highest BCUT2D eigenvalue weighted by atomic mass is 32.1. The highest BCUT2D eigenvalue weighted by Crippen LogP contribution is 2.00. The summed E-state index contributed by atoms with van der Waals surface area (Å²) in [6.07, 6.45) is 5.78. The van der Waals surface area contributed by atoms with Crippen LogP contribution >= 0.6 is 12.2 Å². The van der Waals surface area contributed by atoms with E-state index in [4.69, 9.17) is 12.2 Å². The maximum atomic E-state index is 11.5. The van der Waals surface area contributed by atoms with Crippen molar-refractivity contribution >= 4 is 29.3 Å². The van der Waals surface area contributed by atoms with Gasteiger partial charge in [0.25, 0.3) is 0 Å². The topological polar surface area (TPSA) is 41.1 Å². The summed E-state index contributed by atoms with van der Waals surface area (Å²) in [4.78, 5) is 11.5. The Kier molecular flexibility index (Phi) is 6.43. The molecule has 0 aliphatic heterocycles. The molecular formula is C14H16N2OS. The number of nitrogens with one attached hydrogen (secondary N) is 2. The minimum absolute atomic E-state index is 0.241. The van der Waals surface area contributed by atoms with Crippen LogP contribution in [0.25, 0.3) is 6.08 Å². The molecule has 1 aromatic carbocycles. The normalized spacial score (nSPS) is 10.0. The zero-order valence-corrected chi connectivity index (χ0v) is 10.9. The van der Waals surface area contributed by atoms with Crippen LogP contribution in [0.5, 0.6) is 0 Å². The molecule has 2 N–H and O–H groups in total. The van der Waals surface area contributed by atoms with Crippen molar-refractivity contribution < 1.29 is 4.79 Å². The molecular weight excluding hydrogens is 244 g/mol. The van der Waals surface area contributed by atoms with Crippen LogP contribution in [0, 0.1) is 0 Å². The van der Waals surface area contributed by atoms with Crippen molar-refractivity contribution in [3.63, 3.8) is 0 Å². The van der Waals surface area contributed by atoms with Crippen LogP contribution < -0.4 is 10.6 Å². The van der Waals surface area contributed by atoms with Gasteiger partial charge in [-0.3, -0.25) is 10.1 Å². The zero-order chi connectivity index (χ0) is 13.2. The predicted molar refractivity (Wildman–Crippen MR) is 79.0 cm³/mol. The summed E-state index contributed by atoms with van der Waals surface area (Å²) in [6.45, 7) is 4.27. The molecule has 0 saturated carbocycles. The van der Waals surface area contributed by atoms with Crippen LogP contribution in [-0.4, -0.2) is 17.6 Å². The highest BCUT2D eigenvalue weighted by Gasteiger charge is 1.98. The van der Waals surface area contributed by atoms with Gasteiger partial charge in [-0.2, -0.15) is 0 Å². The van der Waals surface area contributed by atoms with E-state index >= 15 is 0 Å². The maximum Gasteiger partial charge on any atom is 0.250 e. The van der Waals surface area contributed by atoms with Gasteiger partial charge in [0.05, 0.1) is 0 Å². The molecule has 0 unspecified atom stereocenters. The predicted octanol–water partition coefficient (Wildman–Crippen LogP) is 2.27. The first-order chi connectivity index (χ1) is 8.72. The Morgan fingerprint density at radius 2 is 2.06 bits per heavy atom. The molecule has 0 atom stereocenters. The van der Waals surface area contributed by atoms with E-state index in [0.717, 1.165) is 12.0 Å². The Balaban J connectivity index is 2.35. The number of carbonyl (C=O) groups excluding carboxylic acids is 1. The van der Waals surface area contributed by atoms with E-state index < -0.39 is 0 Å². The van der Waals surface area contributed by atoms with Gasteiger partial charge in [-0.15, -0.1) is 6.58 Å². The lowest BCUT2D eigenvalue weighted by Crippen LogP contribution is -2.38. The van der Waals surface area contributed by atoms with Crippen molar-refractivity contribution in [1.82, 2.24) is 10.6 Å². The Hall–Kier alpha value is -1.94. The third-order valence-electron chi connectivity index (χ3n) is 2.10.